The SMILES string of the molecule is CC(=O)C12c3ccccc3C(c3ccccc31)[C@@H]1C(=O)N(c3ccccc3[NH+]([O-])O)C(=O)[C@H]12. The van der Waals surface area contributed by atoms with Crippen LogP contribution in [0.5, 0.6) is 0 Å². The third-order valence-electron chi connectivity index (χ3n) is 7.55. The van der Waals surface area contributed by atoms with Gasteiger partial charge in [0.2, 0.25) is 11.8 Å². The summed E-state index contributed by atoms with van der Waals surface area (Å²) in [7, 11) is 0. The molecule has 1 saturated heterocycles. The first kappa shape index (κ1) is 20.0. The number of hydrogen-bond donors (Lipinski definition) is 2. The van der Waals surface area contributed by atoms with E-state index in [1.165, 1.54) is 19.1 Å². The number of amides is 2. The number of carbonyl (C=O) groups is 3. The average Bonchev–Trinajstić information content (AvgIpc) is 3.09. The molecule has 1 heterocycles. The number of hydrogen-bond acceptors (Lipinski definition) is 5. The zero-order valence-corrected chi connectivity index (χ0v) is 17.7. The maximum Gasteiger partial charge on any atom is 0.239 e. The lowest BCUT2D eigenvalue weighted by molar-refractivity contribution is -0.990. The molecule has 1 fully saturated rings. The van der Waals surface area contributed by atoms with Crippen molar-refractivity contribution in [3.05, 3.63) is 100 Å². The molecule has 2 amide bonds. The Morgan fingerprint density at radius 3 is 2.03 bits per heavy atom. The molecule has 1 unspecified atom stereocenters. The fourth-order valence-electron chi connectivity index (χ4n) is 6.46. The van der Waals surface area contributed by atoms with Crippen molar-refractivity contribution in [3.8, 4) is 0 Å². The van der Waals surface area contributed by atoms with Crippen LogP contribution in [0.1, 0.15) is 35.1 Å². The smallest absolute Gasteiger partial charge is 0.239 e. The molecule has 2 bridgehead atoms. The number of Topliss-reactive ketones (excluding diaryl/α,β-unsaturated/α-hetero) is 1. The molecule has 4 aliphatic rings. The number of anilines is 1. The Kier molecular flexibility index (Phi) is 4.05. The summed E-state index contributed by atoms with van der Waals surface area (Å²) in [5, 5.41) is 20.3. The van der Waals surface area contributed by atoms with Gasteiger partial charge >= 0.3 is 0 Å². The van der Waals surface area contributed by atoms with Crippen LogP contribution < -0.4 is 10.1 Å². The minimum absolute atomic E-state index is 0.0422. The minimum atomic E-state index is -1.30. The number of nitrogens with zero attached hydrogens (tertiary/aromatic N) is 1. The van der Waals surface area contributed by atoms with Gasteiger partial charge < -0.3 is 5.21 Å². The molecule has 1 aliphatic heterocycles. The summed E-state index contributed by atoms with van der Waals surface area (Å²) < 4.78 is 0. The summed E-state index contributed by atoms with van der Waals surface area (Å²) >= 11 is 0. The number of carbonyl (C=O) groups excluding carboxylic acids is 3. The highest BCUT2D eigenvalue weighted by Gasteiger charge is 2.70. The van der Waals surface area contributed by atoms with E-state index in [0.29, 0.717) is 0 Å². The summed E-state index contributed by atoms with van der Waals surface area (Å²) in [5.41, 5.74) is 1.89. The van der Waals surface area contributed by atoms with Crippen LogP contribution in [-0.4, -0.2) is 22.8 Å². The lowest BCUT2D eigenvalue weighted by Gasteiger charge is -2.52. The maximum atomic E-state index is 14.0. The van der Waals surface area contributed by atoms with Gasteiger partial charge in [0.25, 0.3) is 0 Å². The number of imide groups is 1. The second kappa shape index (κ2) is 6.68. The van der Waals surface area contributed by atoms with Gasteiger partial charge in [0, 0.05) is 12.0 Å². The van der Waals surface area contributed by atoms with Crippen molar-refractivity contribution in [2.75, 3.05) is 4.90 Å². The normalized spacial score (nSPS) is 27.7. The third-order valence-corrected chi connectivity index (χ3v) is 7.55. The molecule has 0 aromatic heterocycles. The van der Waals surface area contributed by atoms with Crippen LogP contribution >= 0.6 is 0 Å². The van der Waals surface area contributed by atoms with Gasteiger partial charge in [-0.1, -0.05) is 60.7 Å². The first-order valence-electron chi connectivity index (χ1n) is 10.8. The van der Waals surface area contributed by atoms with Crippen LogP contribution in [0.25, 0.3) is 0 Å². The number of quaternary nitrogens is 1. The number of ketones is 1. The van der Waals surface area contributed by atoms with Crippen LogP contribution in [-0.2, 0) is 19.8 Å². The van der Waals surface area contributed by atoms with Crippen molar-refractivity contribution < 1.29 is 24.8 Å². The van der Waals surface area contributed by atoms with E-state index in [1.807, 2.05) is 48.5 Å². The Balaban J connectivity index is 1.66. The van der Waals surface area contributed by atoms with Gasteiger partial charge in [0.15, 0.2) is 5.69 Å². The Morgan fingerprint density at radius 2 is 1.45 bits per heavy atom. The number of benzene rings is 3. The van der Waals surface area contributed by atoms with Crippen molar-refractivity contribution in [1.82, 2.24) is 0 Å². The number of para-hydroxylation sites is 2. The summed E-state index contributed by atoms with van der Waals surface area (Å²) in [6.07, 6.45) is 0. The predicted molar refractivity (Wildman–Crippen MR) is 118 cm³/mol. The van der Waals surface area contributed by atoms with Crippen molar-refractivity contribution in [2.45, 2.75) is 18.3 Å². The van der Waals surface area contributed by atoms with Gasteiger partial charge in [-0.15, -0.1) is 0 Å². The molecule has 3 aromatic rings. The van der Waals surface area contributed by atoms with E-state index in [2.05, 4.69) is 0 Å². The molecule has 7 nitrogen and oxygen atoms in total. The van der Waals surface area contributed by atoms with E-state index in [4.69, 9.17) is 0 Å². The predicted octanol–water partition coefficient (Wildman–Crippen LogP) is 2.23. The first-order valence-corrected chi connectivity index (χ1v) is 10.8. The van der Waals surface area contributed by atoms with Crippen LogP contribution in [0.15, 0.2) is 72.8 Å². The molecule has 0 radical (unpaired) electrons. The number of nitrogens with one attached hydrogen (secondary N) is 1. The minimum Gasteiger partial charge on any atom is -0.595 e. The molecule has 3 atom stereocenters. The molecule has 7 rings (SSSR count). The molecule has 164 valence electrons. The Bertz CT molecular complexity index is 1320. The van der Waals surface area contributed by atoms with Gasteiger partial charge in [-0.05, 0) is 35.2 Å². The maximum absolute atomic E-state index is 14.0. The van der Waals surface area contributed by atoms with Crippen molar-refractivity contribution in [3.63, 3.8) is 0 Å². The second-order valence-corrected chi connectivity index (χ2v) is 8.85. The van der Waals surface area contributed by atoms with E-state index < -0.39 is 34.3 Å². The fourth-order valence-corrected chi connectivity index (χ4v) is 6.46. The van der Waals surface area contributed by atoms with Gasteiger partial charge in [-0.25, -0.2) is 10.1 Å². The van der Waals surface area contributed by atoms with Crippen molar-refractivity contribution >= 4 is 29.0 Å². The summed E-state index contributed by atoms with van der Waals surface area (Å²) in [4.78, 5) is 42.4. The lowest BCUT2D eigenvalue weighted by Crippen LogP contribution is -2.99. The van der Waals surface area contributed by atoms with E-state index in [9.17, 15) is 24.8 Å². The van der Waals surface area contributed by atoms with Gasteiger partial charge in [-0.3, -0.25) is 14.4 Å². The molecule has 7 heteroatoms. The average molecular weight is 440 g/mol. The highest BCUT2D eigenvalue weighted by molar-refractivity contribution is 6.26. The second-order valence-electron chi connectivity index (χ2n) is 8.85. The zero-order valence-electron chi connectivity index (χ0n) is 17.7. The van der Waals surface area contributed by atoms with Crippen LogP contribution in [0, 0.1) is 17.0 Å². The monoisotopic (exact) mass is 440 g/mol. The largest absolute Gasteiger partial charge is 0.595 e. The molecular weight excluding hydrogens is 420 g/mol. The lowest BCUT2D eigenvalue weighted by atomic mass is 9.46. The van der Waals surface area contributed by atoms with Crippen LogP contribution in [0.4, 0.5) is 11.4 Å². The molecule has 0 spiro atoms. The highest BCUT2D eigenvalue weighted by Crippen LogP contribution is 2.64. The Labute approximate surface area is 189 Å². The molecule has 0 saturated carbocycles. The Hall–Kier alpha value is -3.65. The number of rotatable bonds is 3. The fraction of sp³-hybridized carbons (Fsp3) is 0.192. The molecule has 2 N–H and O–H groups in total. The third kappa shape index (κ3) is 2.26. The van der Waals surface area contributed by atoms with Crippen LogP contribution in [0.2, 0.25) is 0 Å². The van der Waals surface area contributed by atoms with E-state index >= 15 is 0 Å². The topological polar surface area (TPSA) is 102 Å². The van der Waals surface area contributed by atoms with Gasteiger partial charge in [0.05, 0.1) is 17.3 Å². The standard InChI is InChI=1S/C26H20N2O5/c1-14(29)26-17-10-4-2-8-15(17)21(16-9-3-5-11-18(16)26)22-23(26)25(31)27(24(22)30)19-12-6-7-13-20(19)28(32)33/h2-13,21-23,28,32H,1H3/t21?,22-,23-,26?/m0/s1. The Morgan fingerprint density at radius 1 is 0.909 bits per heavy atom. The molecule has 33 heavy (non-hydrogen) atoms. The summed E-state index contributed by atoms with van der Waals surface area (Å²) in [6, 6.07) is 21.1. The highest BCUT2D eigenvalue weighted by atomic mass is 16.8. The quantitative estimate of drug-likeness (QED) is 0.480. The van der Waals surface area contributed by atoms with E-state index in [0.717, 1.165) is 27.2 Å². The van der Waals surface area contributed by atoms with Crippen molar-refractivity contribution in [2.24, 2.45) is 11.8 Å². The van der Waals surface area contributed by atoms with Crippen LogP contribution in [0.3, 0.4) is 0 Å². The molecule has 3 aromatic carbocycles. The summed E-state index contributed by atoms with van der Waals surface area (Å²) in [5.74, 6) is -3.29. The zero-order chi connectivity index (χ0) is 23.1. The van der Waals surface area contributed by atoms with E-state index in [1.54, 1.807) is 12.1 Å². The van der Waals surface area contributed by atoms with Gasteiger partial charge in [0.1, 0.15) is 11.5 Å². The first-order chi connectivity index (χ1) is 15.9. The summed E-state index contributed by atoms with van der Waals surface area (Å²) in [6.45, 7) is 1.47. The van der Waals surface area contributed by atoms with E-state index in [-0.39, 0.29) is 23.1 Å². The van der Waals surface area contributed by atoms with Crippen molar-refractivity contribution in [1.29, 1.82) is 0 Å². The van der Waals surface area contributed by atoms with Gasteiger partial charge in [-0.2, -0.15) is 5.23 Å². The molecular formula is C26H20N2O5. The molecule has 3 aliphatic carbocycles.